The molecule has 0 aliphatic carbocycles. The maximum Gasteiger partial charge on any atom is 0.156 e. The molecule has 0 amide bonds. The molecule has 1 heterocycles. The maximum atomic E-state index is 14.1. The van der Waals surface area contributed by atoms with Crippen LogP contribution in [-0.4, -0.2) is 21.5 Å². The summed E-state index contributed by atoms with van der Waals surface area (Å²) >= 11 is 3.27. The van der Waals surface area contributed by atoms with Crippen LogP contribution in [0.4, 0.5) is 4.39 Å². The molecule has 0 bridgehead atoms. The lowest BCUT2D eigenvalue weighted by atomic mass is 10.1. The van der Waals surface area contributed by atoms with E-state index in [4.69, 9.17) is 0 Å². The van der Waals surface area contributed by atoms with E-state index in [2.05, 4.69) is 31.6 Å². The van der Waals surface area contributed by atoms with Gasteiger partial charge in [0.25, 0.3) is 0 Å². The molecule has 96 valence electrons. The molecular weight excluding hydrogens is 299 g/mol. The van der Waals surface area contributed by atoms with E-state index in [0.717, 1.165) is 12.1 Å². The molecule has 0 aliphatic rings. The quantitative estimate of drug-likeness (QED) is 0.943. The molecule has 1 aromatic heterocycles. The Morgan fingerprint density at radius 3 is 2.78 bits per heavy atom. The first-order valence-electron chi connectivity index (χ1n) is 5.68. The van der Waals surface area contributed by atoms with Gasteiger partial charge in [0.2, 0.25) is 0 Å². The molecule has 18 heavy (non-hydrogen) atoms. The van der Waals surface area contributed by atoms with Gasteiger partial charge in [-0.05, 0) is 40.2 Å². The number of aromatic nitrogens is 3. The van der Waals surface area contributed by atoms with Crippen molar-refractivity contribution in [1.82, 2.24) is 20.3 Å². The number of rotatable bonds is 4. The average molecular weight is 313 g/mol. The second-order valence-electron chi connectivity index (χ2n) is 3.95. The van der Waals surface area contributed by atoms with Crippen molar-refractivity contribution in [3.8, 4) is 11.3 Å². The van der Waals surface area contributed by atoms with Gasteiger partial charge in [0.15, 0.2) is 4.60 Å². The number of hydrogen-bond acceptors (Lipinski definition) is 3. The van der Waals surface area contributed by atoms with Crippen LogP contribution in [0.5, 0.6) is 0 Å². The Bertz CT molecular complexity index is 534. The van der Waals surface area contributed by atoms with Crippen molar-refractivity contribution in [2.45, 2.75) is 13.5 Å². The van der Waals surface area contributed by atoms with Gasteiger partial charge in [0.1, 0.15) is 11.5 Å². The number of benzene rings is 1. The molecule has 0 saturated heterocycles. The Balaban J connectivity index is 2.36. The lowest BCUT2D eigenvalue weighted by Crippen LogP contribution is -2.11. The molecule has 1 N–H and O–H groups in total. The average Bonchev–Trinajstić information content (AvgIpc) is 2.67. The van der Waals surface area contributed by atoms with E-state index < -0.39 is 0 Å². The molecule has 4 nitrogen and oxygen atoms in total. The fraction of sp³-hybridized carbons (Fsp3) is 0.333. The second-order valence-corrected chi connectivity index (χ2v) is 4.70. The summed E-state index contributed by atoms with van der Waals surface area (Å²) in [5.41, 5.74) is 2.06. The Kier molecular flexibility index (Phi) is 4.08. The molecule has 0 radical (unpaired) electrons. The van der Waals surface area contributed by atoms with Crippen LogP contribution in [0.2, 0.25) is 0 Å². The molecule has 0 spiro atoms. The zero-order valence-corrected chi connectivity index (χ0v) is 11.8. The van der Waals surface area contributed by atoms with Gasteiger partial charge < -0.3 is 5.32 Å². The number of hydrogen-bond donors (Lipinski definition) is 1. The maximum absolute atomic E-state index is 14.1. The van der Waals surface area contributed by atoms with Crippen LogP contribution in [0.3, 0.4) is 0 Å². The first-order valence-corrected chi connectivity index (χ1v) is 6.47. The van der Waals surface area contributed by atoms with Crippen molar-refractivity contribution in [1.29, 1.82) is 0 Å². The highest BCUT2D eigenvalue weighted by Crippen LogP contribution is 2.28. The molecule has 0 saturated carbocycles. The first-order chi connectivity index (χ1) is 8.63. The Hall–Kier alpha value is -1.27. The van der Waals surface area contributed by atoms with Crippen molar-refractivity contribution in [3.63, 3.8) is 0 Å². The highest BCUT2D eigenvalue weighted by Gasteiger charge is 2.14. The molecule has 1 aromatic carbocycles. The third kappa shape index (κ3) is 2.59. The molecule has 0 fully saturated rings. The van der Waals surface area contributed by atoms with Gasteiger partial charge in [-0.3, -0.25) is 0 Å². The zero-order valence-electron chi connectivity index (χ0n) is 10.2. The summed E-state index contributed by atoms with van der Waals surface area (Å²) in [4.78, 5) is 0. The molecule has 0 aliphatic heterocycles. The summed E-state index contributed by atoms with van der Waals surface area (Å²) in [5.74, 6) is -0.267. The van der Waals surface area contributed by atoms with Crippen molar-refractivity contribution in [2.24, 2.45) is 7.05 Å². The lowest BCUT2D eigenvalue weighted by molar-refractivity contribution is 0.621. The standard InChI is InChI=1S/C12H14BrFN4/c1-3-15-7-8-4-5-9(10(14)6-8)11-12(13)16-17-18(11)2/h4-6,15H,3,7H2,1-2H3. The second kappa shape index (κ2) is 5.58. The summed E-state index contributed by atoms with van der Waals surface area (Å²) in [6, 6.07) is 5.20. The van der Waals surface area contributed by atoms with E-state index in [0.29, 0.717) is 22.4 Å². The molecule has 6 heteroatoms. The Morgan fingerprint density at radius 2 is 2.22 bits per heavy atom. The number of nitrogens with one attached hydrogen (secondary N) is 1. The summed E-state index contributed by atoms with van der Waals surface area (Å²) in [6.07, 6.45) is 0. The monoisotopic (exact) mass is 312 g/mol. The van der Waals surface area contributed by atoms with Gasteiger partial charge in [-0.25, -0.2) is 9.07 Å². The topological polar surface area (TPSA) is 42.7 Å². The van der Waals surface area contributed by atoms with Crippen LogP contribution in [0.25, 0.3) is 11.3 Å². The fourth-order valence-corrected chi connectivity index (χ4v) is 2.29. The van der Waals surface area contributed by atoms with Crippen LogP contribution < -0.4 is 5.32 Å². The van der Waals surface area contributed by atoms with Crippen LogP contribution in [0.15, 0.2) is 22.8 Å². The van der Waals surface area contributed by atoms with E-state index in [1.807, 2.05) is 13.0 Å². The molecule has 2 rings (SSSR count). The van der Waals surface area contributed by atoms with E-state index in [9.17, 15) is 4.39 Å². The van der Waals surface area contributed by atoms with Gasteiger partial charge in [-0.1, -0.05) is 18.2 Å². The smallest absolute Gasteiger partial charge is 0.156 e. The van der Waals surface area contributed by atoms with Crippen molar-refractivity contribution in [3.05, 3.63) is 34.2 Å². The highest BCUT2D eigenvalue weighted by molar-refractivity contribution is 9.10. The first kappa shape index (κ1) is 13.2. The summed E-state index contributed by atoms with van der Waals surface area (Å²) in [6.45, 7) is 3.54. The van der Waals surface area contributed by atoms with Gasteiger partial charge >= 0.3 is 0 Å². The van der Waals surface area contributed by atoms with E-state index >= 15 is 0 Å². The minimum atomic E-state index is -0.267. The molecule has 0 unspecified atom stereocenters. The van der Waals surface area contributed by atoms with E-state index in [1.165, 1.54) is 6.07 Å². The number of nitrogens with zero attached hydrogens (tertiary/aromatic N) is 3. The Labute approximate surface area is 113 Å². The van der Waals surface area contributed by atoms with Crippen LogP contribution in [0, 0.1) is 5.82 Å². The van der Waals surface area contributed by atoms with Crippen LogP contribution in [0.1, 0.15) is 12.5 Å². The SMILES string of the molecule is CCNCc1ccc(-c2c(Br)nnn2C)c(F)c1. The van der Waals surface area contributed by atoms with Crippen LogP contribution in [-0.2, 0) is 13.6 Å². The third-order valence-electron chi connectivity index (χ3n) is 2.65. The lowest BCUT2D eigenvalue weighted by Gasteiger charge is -2.07. The highest BCUT2D eigenvalue weighted by atomic mass is 79.9. The summed E-state index contributed by atoms with van der Waals surface area (Å²) in [5, 5.41) is 10.9. The summed E-state index contributed by atoms with van der Waals surface area (Å²) < 4.78 is 16.2. The van der Waals surface area contributed by atoms with Crippen molar-refractivity contribution in [2.75, 3.05) is 6.54 Å². The normalized spacial score (nSPS) is 10.9. The van der Waals surface area contributed by atoms with Gasteiger partial charge in [0, 0.05) is 19.2 Å². The number of aryl methyl sites for hydroxylation is 1. The number of halogens is 2. The van der Waals surface area contributed by atoms with Crippen molar-refractivity contribution >= 4 is 15.9 Å². The minimum absolute atomic E-state index is 0.267. The minimum Gasteiger partial charge on any atom is -0.313 e. The van der Waals surface area contributed by atoms with Gasteiger partial charge in [-0.15, -0.1) is 5.10 Å². The third-order valence-corrected chi connectivity index (χ3v) is 3.19. The predicted molar refractivity (Wildman–Crippen MR) is 71.5 cm³/mol. The largest absolute Gasteiger partial charge is 0.313 e. The zero-order chi connectivity index (χ0) is 13.1. The Morgan fingerprint density at radius 1 is 1.44 bits per heavy atom. The molecule has 0 atom stereocenters. The molecular formula is C12H14BrFN4. The predicted octanol–water partition coefficient (Wildman–Crippen LogP) is 2.49. The van der Waals surface area contributed by atoms with Crippen molar-refractivity contribution < 1.29 is 4.39 Å². The fourth-order valence-electron chi connectivity index (χ4n) is 1.75. The van der Waals surface area contributed by atoms with E-state index in [-0.39, 0.29) is 5.82 Å². The molecule has 2 aromatic rings. The van der Waals surface area contributed by atoms with Crippen LogP contribution >= 0.6 is 15.9 Å². The van der Waals surface area contributed by atoms with E-state index in [1.54, 1.807) is 17.8 Å². The van der Waals surface area contributed by atoms with Gasteiger partial charge in [0.05, 0.1) is 0 Å². The van der Waals surface area contributed by atoms with Gasteiger partial charge in [-0.2, -0.15) is 0 Å². The summed E-state index contributed by atoms with van der Waals surface area (Å²) in [7, 11) is 1.74.